The zero-order valence-electron chi connectivity index (χ0n) is 21.4. The van der Waals surface area contributed by atoms with E-state index in [2.05, 4.69) is 92.0 Å². The van der Waals surface area contributed by atoms with Crippen molar-refractivity contribution in [2.24, 2.45) is 0 Å². The molecule has 0 heterocycles. The Balaban J connectivity index is 2.57. The van der Waals surface area contributed by atoms with E-state index in [1.54, 1.807) is 0 Å². The van der Waals surface area contributed by atoms with Gasteiger partial charge in [-0.25, -0.2) is 0 Å². The lowest BCUT2D eigenvalue weighted by atomic mass is 10.1. The van der Waals surface area contributed by atoms with Crippen molar-refractivity contribution in [1.29, 1.82) is 0 Å². The van der Waals surface area contributed by atoms with Crippen LogP contribution in [-0.4, -0.2) is 36.0 Å². The van der Waals surface area contributed by atoms with Crippen LogP contribution in [0.15, 0.2) is 30.3 Å². The zero-order chi connectivity index (χ0) is 23.1. The molecule has 0 bridgehead atoms. The van der Waals surface area contributed by atoms with E-state index in [0.29, 0.717) is 6.61 Å². The van der Waals surface area contributed by atoms with Crippen LogP contribution >= 0.6 is 0 Å². The first-order valence-corrected chi connectivity index (χ1v) is 17.4. The highest BCUT2D eigenvalue weighted by Crippen LogP contribution is 2.39. The van der Waals surface area contributed by atoms with Gasteiger partial charge in [0.25, 0.3) is 0 Å². The highest BCUT2D eigenvalue weighted by molar-refractivity contribution is 6.74. The lowest BCUT2D eigenvalue weighted by Crippen LogP contribution is -2.45. The molecule has 0 aliphatic carbocycles. The lowest BCUT2D eigenvalue weighted by Gasteiger charge is -2.40. The maximum atomic E-state index is 6.79. The van der Waals surface area contributed by atoms with Crippen molar-refractivity contribution in [2.45, 2.75) is 110 Å². The van der Waals surface area contributed by atoms with Crippen LogP contribution in [0.2, 0.25) is 36.3 Å². The molecule has 0 radical (unpaired) electrons. The first-order chi connectivity index (χ1) is 13.7. The Labute approximate surface area is 189 Å². The fraction of sp³-hybridized carbons (Fsp3) is 0.760. The molecule has 0 saturated carbocycles. The maximum absolute atomic E-state index is 6.79. The average Bonchev–Trinajstić information content (AvgIpc) is 2.59. The van der Waals surface area contributed by atoms with Crippen molar-refractivity contribution in [3.05, 3.63) is 35.9 Å². The van der Waals surface area contributed by atoms with Crippen molar-refractivity contribution >= 4 is 16.6 Å². The molecule has 0 aliphatic rings. The second-order valence-electron chi connectivity index (χ2n) is 11.6. The summed E-state index contributed by atoms with van der Waals surface area (Å²) >= 11 is 0. The van der Waals surface area contributed by atoms with Crippen LogP contribution in [0.25, 0.3) is 0 Å². The summed E-state index contributed by atoms with van der Waals surface area (Å²) in [5.41, 5.74) is 1.23. The molecule has 3 nitrogen and oxygen atoms in total. The third-order valence-corrected chi connectivity index (χ3v) is 16.0. The molecular weight excluding hydrogens is 404 g/mol. The molecule has 1 aromatic rings. The minimum Gasteiger partial charge on any atom is -0.417 e. The highest BCUT2D eigenvalue weighted by atomic mass is 28.4. The first kappa shape index (κ1) is 27.6. The summed E-state index contributed by atoms with van der Waals surface area (Å²) < 4.78 is 19.1. The van der Waals surface area contributed by atoms with Gasteiger partial charge < -0.3 is 13.6 Å². The molecule has 174 valence electrons. The molecule has 1 atom stereocenters. The van der Waals surface area contributed by atoms with Crippen molar-refractivity contribution in [3.8, 4) is 0 Å². The van der Waals surface area contributed by atoms with Gasteiger partial charge >= 0.3 is 0 Å². The summed E-state index contributed by atoms with van der Waals surface area (Å²) in [6, 6.07) is 10.4. The van der Waals surface area contributed by atoms with Crippen LogP contribution in [0, 0.1) is 0 Å². The smallest absolute Gasteiger partial charge is 0.192 e. The predicted octanol–water partition coefficient (Wildman–Crippen LogP) is 7.79. The molecular formula is C25H48O3Si2. The molecule has 1 rings (SSSR count). The average molecular weight is 453 g/mol. The number of rotatable bonds is 12. The fourth-order valence-corrected chi connectivity index (χ4v) is 5.18. The quantitative estimate of drug-likeness (QED) is 0.239. The summed E-state index contributed by atoms with van der Waals surface area (Å²) in [4.78, 5) is 0. The monoisotopic (exact) mass is 452 g/mol. The van der Waals surface area contributed by atoms with Gasteiger partial charge in [-0.15, -0.1) is 0 Å². The summed E-state index contributed by atoms with van der Waals surface area (Å²) in [6.07, 6.45) is 3.27. The van der Waals surface area contributed by atoms with Crippen LogP contribution in [0.5, 0.6) is 0 Å². The minimum absolute atomic E-state index is 0.218. The number of benzene rings is 1. The second kappa shape index (κ2) is 11.4. The van der Waals surface area contributed by atoms with E-state index in [-0.39, 0.29) is 16.2 Å². The van der Waals surface area contributed by atoms with Gasteiger partial charge in [0, 0.05) is 19.3 Å². The molecule has 0 amide bonds. The number of hydrogen-bond donors (Lipinski definition) is 0. The minimum atomic E-state index is -1.81. The SMILES string of the molecule is CC(C)(C)[Si](C)(C)OCC[C@H](CCCOCc1ccccc1)O[Si](C)(C)C(C)(C)C. The predicted molar refractivity (Wildman–Crippen MR) is 135 cm³/mol. The Morgan fingerprint density at radius 3 is 1.87 bits per heavy atom. The molecule has 0 aliphatic heterocycles. The van der Waals surface area contributed by atoms with Gasteiger partial charge in [-0.1, -0.05) is 71.9 Å². The largest absolute Gasteiger partial charge is 0.417 e. The van der Waals surface area contributed by atoms with Crippen molar-refractivity contribution < 1.29 is 13.6 Å². The van der Waals surface area contributed by atoms with Gasteiger partial charge in [0.15, 0.2) is 16.6 Å². The van der Waals surface area contributed by atoms with Gasteiger partial charge in [-0.2, -0.15) is 0 Å². The van der Waals surface area contributed by atoms with Crippen LogP contribution in [0.4, 0.5) is 0 Å². The molecule has 0 saturated heterocycles. The van der Waals surface area contributed by atoms with Crippen molar-refractivity contribution in [3.63, 3.8) is 0 Å². The van der Waals surface area contributed by atoms with E-state index in [0.717, 1.165) is 32.5 Å². The zero-order valence-corrected chi connectivity index (χ0v) is 23.4. The molecule has 0 fully saturated rings. The molecule has 0 unspecified atom stereocenters. The van der Waals surface area contributed by atoms with E-state index < -0.39 is 16.6 Å². The number of ether oxygens (including phenoxy) is 1. The topological polar surface area (TPSA) is 27.7 Å². The van der Waals surface area contributed by atoms with Crippen LogP contribution in [-0.2, 0) is 20.2 Å². The molecule has 0 spiro atoms. The van der Waals surface area contributed by atoms with Crippen LogP contribution in [0.1, 0.15) is 66.4 Å². The molecule has 0 N–H and O–H groups in total. The Hall–Kier alpha value is -0.466. The fourth-order valence-electron chi connectivity index (χ4n) is 2.69. The van der Waals surface area contributed by atoms with E-state index in [1.165, 1.54) is 5.56 Å². The molecule has 0 aromatic heterocycles. The van der Waals surface area contributed by atoms with E-state index >= 15 is 0 Å². The molecule has 1 aromatic carbocycles. The first-order valence-electron chi connectivity index (χ1n) is 11.6. The van der Waals surface area contributed by atoms with Gasteiger partial charge in [-0.3, -0.25) is 0 Å². The summed E-state index contributed by atoms with van der Waals surface area (Å²) in [7, 11) is -3.52. The van der Waals surface area contributed by atoms with E-state index in [9.17, 15) is 0 Å². The highest BCUT2D eigenvalue weighted by Gasteiger charge is 2.40. The molecule has 5 heteroatoms. The summed E-state index contributed by atoms with van der Waals surface area (Å²) in [5, 5.41) is 0.462. The molecule has 30 heavy (non-hydrogen) atoms. The summed E-state index contributed by atoms with van der Waals surface area (Å²) in [6.45, 7) is 25.4. The number of hydrogen-bond acceptors (Lipinski definition) is 3. The van der Waals surface area contributed by atoms with Crippen molar-refractivity contribution in [2.75, 3.05) is 13.2 Å². The Morgan fingerprint density at radius 2 is 1.33 bits per heavy atom. The van der Waals surface area contributed by atoms with E-state index in [4.69, 9.17) is 13.6 Å². The van der Waals surface area contributed by atoms with Crippen LogP contribution < -0.4 is 0 Å². The maximum Gasteiger partial charge on any atom is 0.192 e. The van der Waals surface area contributed by atoms with Crippen molar-refractivity contribution in [1.82, 2.24) is 0 Å². The van der Waals surface area contributed by atoms with Gasteiger partial charge in [0.2, 0.25) is 0 Å². The van der Waals surface area contributed by atoms with E-state index in [1.807, 2.05) is 6.07 Å². The third kappa shape index (κ3) is 9.35. The Morgan fingerprint density at radius 1 is 0.767 bits per heavy atom. The standard InChI is InChI=1S/C25H48O3Si2/c1-24(2,3)29(7,8)27-20-18-23(28-30(9,10)25(4,5)6)17-14-19-26-21-22-15-12-11-13-16-22/h11-13,15-16,23H,14,17-21H2,1-10H3/t23-/m0/s1. The second-order valence-corrected chi connectivity index (χ2v) is 21.1. The van der Waals surface area contributed by atoms with Gasteiger partial charge in [0.1, 0.15) is 0 Å². The van der Waals surface area contributed by atoms with Gasteiger partial charge in [0.05, 0.1) is 6.61 Å². The summed E-state index contributed by atoms with van der Waals surface area (Å²) in [5.74, 6) is 0. The van der Waals surface area contributed by atoms with Crippen LogP contribution in [0.3, 0.4) is 0 Å². The lowest BCUT2D eigenvalue weighted by molar-refractivity contribution is 0.0910. The third-order valence-electron chi connectivity index (χ3n) is 6.90. The normalized spacial score (nSPS) is 14.7. The van der Waals surface area contributed by atoms with Gasteiger partial charge in [-0.05, 0) is 61.1 Å². The Kier molecular flexibility index (Phi) is 10.5. The Bertz CT molecular complexity index is 601.